The van der Waals surface area contributed by atoms with Crippen LogP contribution in [0, 0.1) is 6.92 Å². The van der Waals surface area contributed by atoms with Crippen LogP contribution in [0.3, 0.4) is 0 Å². The van der Waals surface area contributed by atoms with E-state index < -0.39 is 17.9 Å². The molecule has 3 aromatic carbocycles. The minimum Gasteiger partial charge on any atom is -0.489 e. The van der Waals surface area contributed by atoms with Gasteiger partial charge >= 0.3 is 11.9 Å². The molecule has 0 fully saturated rings. The zero-order chi connectivity index (χ0) is 31.2. The molecule has 0 amide bonds. The first kappa shape index (κ1) is 30.4. The maximum Gasteiger partial charge on any atom is 0.336 e. The lowest BCUT2D eigenvalue weighted by Gasteiger charge is -2.30. The van der Waals surface area contributed by atoms with Crippen molar-refractivity contribution in [3.05, 3.63) is 124 Å². The van der Waals surface area contributed by atoms with E-state index in [-0.39, 0.29) is 13.2 Å². The van der Waals surface area contributed by atoms with Crippen molar-refractivity contribution in [2.24, 2.45) is 0 Å². The molecule has 0 saturated carbocycles. The van der Waals surface area contributed by atoms with Crippen molar-refractivity contribution < 1.29 is 23.8 Å². The first-order valence-corrected chi connectivity index (χ1v) is 14.8. The van der Waals surface area contributed by atoms with Crippen LogP contribution >= 0.6 is 0 Å². The molecule has 4 aromatic rings. The lowest BCUT2D eigenvalue weighted by atomic mass is 9.79. The monoisotopic (exact) mass is 591 g/mol. The van der Waals surface area contributed by atoms with Gasteiger partial charge in [-0.15, -0.1) is 0 Å². The third-order valence-corrected chi connectivity index (χ3v) is 7.48. The van der Waals surface area contributed by atoms with Gasteiger partial charge in [0.25, 0.3) is 0 Å². The van der Waals surface area contributed by atoms with Crippen molar-refractivity contribution in [1.82, 2.24) is 15.1 Å². The Kier molecular flexibility index (Phi) is 9.29. The molecule has 1 aliphatic rings. The summed E-state index contributed by atoms with van der Waals surface area (Å²) in [4.78, 5) is 26.9. The Hall–Kier alpha value is -5.11. The molecular formula is C36H37N3O5. The van der Waals surface area contributed by atoms with Gasteiger partial charge in [-0.25, -0.2) is 14.3 Å². The first-order chi connectivity index (χ1) is 21.3. The first-order valence-electron chi connectivity index (χ1n) is 14.8. The highest BCUT2D eigenvalue weighted by atomic mass is 16.5. The molecule has 5 rings (SSSR count). The van der Waals surface area contributed by atoms with E-state index in [1.807, 2.05) is 74.6 Å². The number of para-hydroxylation sites is 1. The van der Waals surface area contributed by atoms with Crippen molar-refractivity contribution in [2.75, 3.05) is 13.2 Å². The number of hydrogen-bond donors (Lipinski definition) is 1. The molecule has 0 radical (unpaired) electrons. The van der Waals surface area contributed by atoms with Crippen molar-refractivity contribution in [1.29, 1.82) is 0 Å². The molecule has 8 heteroatoms. The SMILES string of the molecule is CCOC(=O)C1=C(C)NC(C)=C(C(=O)OCC)C1c1cn(-c2ccccc2)nc1-c1ccc(OCc2ccc(C)cc2)cc1. The summed E-state index contributed by atoms with van der Waals surface area (Å²) in [6.45, 7) is 10.0. The number of rotatable bonds is 10. The van der Waals surface area contributed by atoms with Gasteiger partial charge in [0.15, 0.2) is 0 Å². The number of nitrogens with zero attached hydrogens (tertiary/aromatic N) is 2. The van der Waals surface area contributed by atoms with Gasteiger partial charge in [0, 0.05) is 28.7 Å². The molecule has 0 spiro atoms. The maximum absolute atomic E-state index is 13.5. The van der Waals surface area contributed by atoms with E-state index in [4.69, 9.17) is 19.3 Å². The van der Waals surface area contributed by atoms with E-state index in [0.29, 0.717) is 46.2 Å². The average molecular weight is 592 g/mol. The minimum atomic E-state index is -0.778. The largest absolute Gasteiger partial charge is 0.489 e. The Morgan fingerprint density at radius 3 is 1.95 bits per heavy atom. The number of dihydropyridines is 1. The molecule has 2 heterocycles. The number of ether oxygens (including phenoxy) is 3. The highest BCUT2D eigenvalue weighted by Gasteiger charge is 2.40. The van der Waals surface area contributed by atoms with Gasteiger partial charge in [-0.05, 0) is 76.6 Å². The number of aryl methyl sites for hydroxylation is 1. The zero-order valence-electron chi connectivity index (χ0n) is 25.7. The predicted octanol–water partition coefficient (Wildman–Crippen LogP) is 6.79. The fourth-order valence-corrected chi connectivity index (χ4v) is 5.36. The van der Waals surface area contributed by atoms with Crippen LogP contribution in [0.1, 0.15) is 50.3 Å². The van der Waals surface area contributed by atoms with E-state index in [2.05, 4.69) is 36.5 Å². The Labute approximate surface area is 258 Å². The molecule has 0 atom stereocenters. The predicted molar refractivity (Wildman–Crippen MR) is 169 cm³/mol. The topological polar surface area (TPSA) is 91.7 Å². The van der Waals surface area contributed by atoms with Crippen LogP contribution in [0.25, 0.3) is 16.9 Å². The maximum atomic E-state index is 13.5. The molecule has 0 bridgehead atoms. The quantitative estimate of drug-likeness (QED) is 0.203. The molecule has 1 aromatic heterocycles. The van der Waals surface area contributed by atoms with E-state index in [1.54, 1.807) is 18.5 Å². The van der Waals surface area contributed by atoms with Crippen LogP contribution < -0.4 is 10.1 Å². The van der Waals surface area contributed by atoms with Gasteiger partial charge in [0.2, 0.25) is 0 Å². The lowest BCUT2D eigenvalue weighted by Crippen LogP contribution is -2.32. The average Bonchev–Trinajstić information content (AvgIpc) is 3.46. The summed E-state index contributed by atoms with van der Waals surface area (Å²) in [5.41, 5.74) is 7.11. The van der Waals surface area contributed by atoms with Gasteiger partial charge in [0.05, 0.1) is 41.7 Å². The van der Waals surface area contributed by atoms with Gasteiger partial charge in [-0.1, -0.05) is 48.0 Å². The Balaban J connectivity index is 1.61. The summed E-state index contributed by atoms with van der Waals surface area (Å²) in [5.74, 6) is -1.07. The van der Waals surface area contributed by atoms with E-state index in [1.165, 1.54) is 5.56 Å². The van der Waals surface area contributed by atoms with Crippen LogP contribution in [0.4, 0.5) is 0 Å². The van der Waals surface area contributed by atoms with Gasteiger partial charge in [-0.2, -0.15) is 5.10 Å². The molecular weight excluding hydrogens is 554 g/mol. The number of carbonyl (C=O) groups excluding carboxylic acids is 2. The lowest BCUT2D eigenvalue weighted by molar-refractivity contribution is -0.139. The molecule has 44 heavy (non-hydrogen) atoms. The highest BCUT2D eigenvalue weighted by molar-refractivity contribution is 6.00. The van der Waals surface area contributed by atoms with E-state index in [9.17, 15) is 9.59 Å². The van der Waals surface area contributed by atoms with Crippen molar-refractivity contribution in [3.63, 3.8) is 0 Å². The van der Waals surface area contributed by atoms with Gasteiger partial charge in [0.1, 0.15) is 12.4 Å². The van der Waals surface area contributed by atoms with Crippen LogP contribution in [-0.4, -0.2) is 34.9 Å². The normalized spacial score (nSPS) is 13.5. The number of carbonyl (C=O) groups is 2. The van der Waals surface area contributed by atoms with Crippen molar-refractivity contribution in [3.8, 4) is 22.7 Å². The number of aromatic nitrogens is 2. The Morgan fingerprint density at radius 2 is 1.39 bits per heavy atom. The Morgan fingerprint density at radius 1 is 0.795 bits per heavy atom. The molecule has 8 nitrogen and oxygen atoms in total. The van der Waals surface area contributed by atoms with Crippen LogP contribution in [0.5, 0.6) is 5.75 Å². The smallest absolute Gasteiger partial charge is 0.336 e. The third-order valence-electron chi connectivity index (χ3n) is 7.48. The fourth-order valence-electron chi connectivity index (χ4n) is 5.36. The summed E-state index contributed by atoms with van der Waals surface area (Å²) in [6.07, 6.45) is 1.88. The number of esters is 2. The molecule has 1 N–H and O–H groups in total. The summed E-state index contributed by atoms with van der Waals surface area (Å²) >= 11 is 0. The standard InChI is InChI=1S/C36H37N3O5/c1-6-42-35(40)31-24(4)37-25(5)32(36(41)43-7-2)33(31)30-21-39(28-11-9-8-10-12-28)38-34(30)27-17-19-29(20-18-27)44-22-26-15-13-23(3)14-16-26/h8-21,33,37H,6-7,22H2,1-5H3. The number of allylic oxidation sites excluding steroid dienone is 2. The minimum absolute atomic E-state index is 0.194. The van der Waals surface area contributed by atoms with E-state index >= 15 is 0 Å². The van der Waals surface area contributed by atoms with Crippen molar-refractivity contribution >= 4 is 11.9 Å². The van der Waals surface area contributed by atoms with Crippen LogP contribution in [0.15, 0.2) is 108 Å². The van der Waals surface area contributed by atoms with E-state index in [0.717, 1.165) is 16.8 Å². The Bertz CT molecular complexity index is 1660. The van der Waals surface area contributed by atoms with Crippen LogP contribution in [-0.2, 0) is 25.7 Å². The van der Waals surface area contributed by atoms with Crippen molar-refractivity contribution in [2.45, 2.75) is 47.1 Å². The molecule has 0 saturated heterocycles. The zero-order valence-corrected chi connectivity index (χ0v) is 25.7. The highest BCUT2D eigenvalue weighted by Crippen LogP contribution is 2.43. The second-order valence-electron chi connectivity index (χ2n) is 10.6. The summed E-state index contributed by atoms with van der Waals surface area (Å²) in [7, 11) is 0. The second kappa shape index (κ2) is 13.5. The van der Waals surface area contributed by atoms with Gasteiger partial charge in [-0.3, -0.25) is 0 Å². The summed E-state index contributed by atoms with van der Waals surface area (Å²) in [5, 5.41) is 8.20. The van der Waals surface area contributed by atoms with Crippen LogP contribution in [0.2, 0.25) is 0 Å². The second-order valence-corrected chi connectivity index (χ2v) is 10.6. The fraction of sp³-hybridized carbons (Fsp3) is 0.250. The molecule has 226 valence electrons. The number of benzene rings is 3. The number of nitrogens with one attached hydrogen (secondary N) is 1. The van der Waals surface area contributed by atoms with Gasteiger partial charge < -0.3 is 19.5 Å². The molecule has 0 aliphatic carbocycles. The molecule has 0 unspecified atom stereocenters. The number of hydrogen-bond acceptors (Lipinski definition) is 7. The summed E-state index contributed by atoms with van der Waals surface area (Å²) < 4.78 is 18.8. The molecule has 1 aliphatic heterocycles. The summed E-state index contributed by atoms with van der Waals surface area (Å²) in [6, 6.07) is 25.6. The third kappa shape index (κ3) is 6.44.